The van der Waals surface area contributed by atoms with Gasteiger partial charge in [0.25, 0.3) is 0 Å². The Morgan fingerprint density at radius 3 is 2.58 bits per heavy atom. The van der Waals surface area contributed by atoms with Gasteiger partial charge in [-0.1, -0.05) is 34.8 Å². The molecule has 0 unspecified atom stereocenters. The molecule has 0 bridgehead atoms. The molecule has 0 aromatic heterocycles. The van der Waals surface area contributed by atoms with E-state index in [0.717, 1.165) is 22.6 Å². The molecule has 0 radical (unpaired) electrons. The van der Waals surface area contributed by atoms with Crippen LogP contribution in [0.15, 0.2) is 17.2 Å². The smallest absolute Gasteiger partial charge is 0.0496 e. The lowest BCUT2D eigenvalue weighted by Gasteiger charge is -2.01. The highest BCUT2D eigenvalue weighted by molar-refractivity contribution is 6.37. The van der Waals surface area contributed by atoms with E-state index in [0.29, 0.717) is 10.0 Å². The molecule has 0 atom stereocenters. The van der Waals surface area contributed by atoms with Crippen molar-refractivity contribution >= 4 is 40.9 Å². The zero-order valence-corrected chi connectivity index (χ0v) is 8.34. The zero-order valence-electron chi connectivity index (χ0n) is 6.07. The summed E-state index contributed by atoms with van der Waals surface area (Å²) >= 11 is 17.6. The van der Waals surface area contributed by atoms with Crippen molar-refractivity contribution in [1.29, 1.82) is 0 Å². The first-order chi connectivity index (χ1) is 5.66. The Labute approximate surface area is 85.7 Å². The predicted molar refractivity (Wildman–Crippen MR) is 54.0 cm³/mol. The van der Waals surface area contributed by atoms with Gasteiger partial charge in [0, 0.05) is 21.5 Å². The number of benzene rings is 1. The van der Waals surface area contributed by atoms with E-state index in [4.69, 9.17) is 34.8 Å². The Kier molecular flexibility index (Phi) is 2.07. The molecule has 0 aliphatic heterocycles. The number of hydrogen-bond donors (Lipinski definition) is 0. The van der Waals surface area contributed by atoms with Gasteiger partial charge in [-0.15, -0.1) is 0 Å². The SMILES string of the molecule is ClC1=Cc2c(Cl)cc(Cl)cc2C1. The monoisotopic (exact) mass is 218 g/mol. The average molecular weight is 219 g/mol. The molecule has 0 fully saturated rings. The summed E-state index contributed by atoms with van der Waals surface area (Å²) in [6.07, 6.45) is 2.63. The number of halogens is 3. The highest BCUT2D eigenvalue weighted by Crippen LogP contribution is 2.34. The van der Waals surface area contributed by atoms with E-state index in [2.05, 4.69) is 0 Å². The quantitative estimate of drug-likeness (QED) is 0.615. The van der Waals surface area contributed by atoms with Crippen LogP contribution in [0.5, 0.6) is 0 Å². The maximum absolute atomic E-state index is 5.95. The Hall–Kier alpha value is -0.170. The van der Waals surface area contributed by atoms with Crippen molar-refractivity contribution in [2.75, 3.05) is 0 Å². The summed E-state index contributed by atoms with van der Waals surface area (Å²) in [5.41, 5.74) is 2.11. The van der Waals surface area contributed by atoms with Crippen LogP contribution in [0.3, 0.4) is 0 Å². The molecule has 0 amide bonds. The fourth-order valence-corrected chi connectivity index (χ4v) is 2.18. The first-order valence-electron chi connectivity index (χ1n) is 3.51. The van der Waals surface area contributed by atoms with Gasteiger partial charge in [0.15, 0.2) is 0 Å². The standard InChI is InChI=1S/C9H5Cl3/c10-6-1-5-2-7(11)4-9(12)8(5)3-6/h2-4H,1H2. The van der Waals surface area contributed by atoms with Crippen LogP contribution in [-0.4, -0.2) is 0 Å². The van der Waals surface area contributed by atoms with Crippen LogP contribution >= 0.6 is 34.8 Å². The number of allylic oxidation sites excluding steroid dienone is 1. The number of rotatable bonds is 0. The van der Waals surface area contributed by atoms with Gasteiger partial charge in [0.1, 0.15) is 0 Å². The van der Waals surface area contributed by atoms with Crippen LogP contribution in [0.1, 0.15) is 11.1 Å². The zero-order chi connectivity index (χ0) is 8.72. The molecule has 0 nitrogen and oxygen atoms in total. The topological polar surface area (TPSA) is 0 Å². The van der Waals surface area contributed by atoms with Crippen LogP contribution in [0.4, 0.5) is 0 Å². The van der Waals surface area contributed by atoms with Crippen molar-refractivity contribution in [3.63, 3.8) is 0 Å². The summed E-state index contributed by atoms with van der Waals surface area (Å²) in [5, 5.41) is 2.15. The van der Waals surface area contributed by atoms with Crippen molar-refractivity contribution in [2.45, 2.75) is 6.42 Å². The maximum Gasteiger partial charge on any atom is 0.0496 e. The van der Waals surface area contributed by atoms with Gasteiger partial charge in [-0.2, -0.15) is 0 Å². The third-order valence-electron chi connectivity index (χ3n) is 1.84. The van der Waals surface area contributed by atoms with Crippen molar-refractivity contribution in [3.05, 3.63) is 38.3 Å². The molecule has 62 valence electrons. The highest BCUT2D eigenvalue weighted by atomic mass is 35.5. The van der Waals surface area contributed by atoms with E-state index in [1.54, 1.807) is 6.07 Å². The molecule has 12 heavy (non-hydrogen) atoms. The normalized spacial score (nSPS) is 14.4. The molecule has 1 aromatic carbocycles. The summed E-state index contributed by atoms with van der Waals surface area (Å²) in [5.74, 6) is 0. The molecule has 0 heterocycles. The third-order valence-corrected chi connectivity index (χ3v) is 2.61. The first kappa shape index (κ1) is 8.43. The van der Waals surface area contributed by atoms with Gasteiger partial charge in [-0.25, -0.2) is 0 Å². The van der Waals surface area contributed by atoms with Crippen molar-refractivity contribution in [2.24, 2.45) is 0 Å². The molecule has 1 aromatic rings. The Balaban J connectivity index is 2.62. The Bertz CT molecular complexity index is 366. The summed E-state index contributed by atoms with van der Waals surface area (Å²) in [6, 6.07) is 3.63. The molecular weight excluding hydrogens is 214 g/mol. The Morgan fingerprint density at radius 1 is 1.08 bits per heavy atom. The van der Waals surface area contributed by atoms with Gasteiger partial charge >= 0.3 is 0 Å². The summed E-state index contributed by atoms with van der Waals surface area (Å²) in [6.45, 7) is 0. The molecular formula is C9H5Cl3. The molecule has 0 saturated heterocycles. The van der Waals surface area contributed by atoms with Gasteiger partial charge < -0.3 is 0 Å². The summed E-state index contributed by atoms with van der Waals surface area (Å²) < 4.78 is 0. The second-order valence-corrected chi connectivity index (χ2v) is 4.06. The molecule has 1 aliphatic rings. The summed E-state index contributed by atoms with van der Waals surface area (Å²) in [7, 11) is 0. The lowest BCUT2D eigenvalue weighted by molar-refractivity contribution is 1.29. The minimum absolute atomic E-state index is 0.665. The van der Waals surface area contributed by atoms with Gasteiger partial charge in [-0.3, -0.25) is 0 Å². The molecule has 0 saturated carbocycles. The fourth-order valence-electron chi connectivity index (χ4n) is 1.34. The molecule has 0 spiro atoms. The molecule has 3 heteroatoms. The molecule has 0 N–H and O–H groups in total. The molecule has 2 rings (SSSR count). The number of fused-ring (bicyclic) bond motifs is 1. The summed E-state index contributed by atoms with van der Waals surface area (Å²) in [4.78, 5) is 0. The van der Waals surface area contributed by atoms with E-state index in [1.165, 1.54) is 0 Å². The van der Waals surface area contributed by atoms with Gasteiger partial charge in [-0.05, 0) is 29.3 Å². The van der Waals surface area contributed by atoms with Crippen molar-refractivity contribution in [3.8, 4) is 0 Å². The largest absolute Gasteiger partial charge is 0.0888 e. The fraction of sp³-hybridized carbons (Fsp3) is 0.111. The second-order valence-electron chi connectivity index (χ2n) is 2.73. The van der Waals surface area contributed by atoms with E-state index in [1.807, 2.05) is 12.1 Å². The predicted octanol–water partition coefficient (Wildman–Crippen LogP) is 4.13. The second kappa shape index (κ2) is 2.95. The van der Waals surface area contributed by atoms with Crippen LogP contribution in [0.25, 0.3) is 6.08 Å². The van der Waals surface area contributed by atoms with Gasteiger partial charge in [0.2, 0.25) is 0 Å². The minimum atomic E-state index is 0.665. The van der Waals surface area contributed by atoms with E-state index >= 15 is 0 Å². The van der Waals surface area contributed by atoms with E-state index in [-0.39, 0.29) is 0 Å². The minimum Gasteiger partial charge on any atom is -0.0888 e. The first-order valence-corrected chi connectivity index (χ1v) is 4.64. The lowest BCUT2D eigenvalue weighted by Crippen LogP contribution is -1.82. The average Bonchev–Trinajstić information content (AvgIpc) is 2.29. The van der Waals surface area contributed by atoms with Crippen LogP contribution < -0.4 is 0 Å². The van der Waals surface area contributed by atoms with Crippen LogP contribution in [0.2, 0.25) is 10.0 Å². The Morgan fingerprint density at radius 2 is 1.83 bits per heavy atom. The third kappa shape index (κ3) is 1.35. The van der Waals surface area contributed by atoms with Crippen LogP contribution in [0, 0.1) is 0 Å². The van der Waals surface area contributed by atoms with E-state index < -0.39 is 0 Å². The maximum atomic E-state index is 5.95. The molecule has 1 aliphatic carbocycles. The van der Waals surface area contributed by atoms with Gasteiger partial charge in [0.05, 0.1) is 0 Å². The van der Waals surface area contributed by atoms with E-state index in [9.17, 15) is 0 Å². The number of hydrogen-bond acceptors (Lipinski definition) is 0. The van der Waals surface area contributed by atoms with Crippen molar-refractivity contribution in [1.82, 2.24) is 0 Å². The van der Waals surface area contributed by atoms with Crippen LogP contribution in [-0.2, 0) is 6.42 Å². The van der Waals surface area contributed by atoms with Crippen molar-refractivity contribution < 1.29 is 0 Å². The lowest BCUT2D eigenvalue weighted by atomic mass is 10.1. The highest BCUT2D eigenvalue weighted by Gasteiger charge is 2.14.